The summed E-state index contributed by atoms with van der Waals surface area (Å²) in [5.74, 6) is 0.627. The fraction of sp³-hybridized carbons (Fsp3) is 0.500. The van der Waals surface area contributed by atoms with Gasteiger partial charge in [-0.2, -0.15) is 0 Å². The Morgan fingerprint density at radius 1 is 1.67 bits per heavy atom. The first kappa shape index (κ1) is 7.25. The van der Waals surface area contributed by atoms with E-state index in [0.29, 0.717) is 32.3 Å². The molecule has 1 aromatic heterocycles. The maximum absolute atomic E-state index is 4.14. The predicted octanol–water partition coefficient (Wildman–Crippen LogP) is 1.32. The van der Waals surface area contributed by atoms with Gasteiger partial charge >= 0.3 is 71.7 Å². The first-order chi connectivity index (χ1) is 4.20. The number of rotatable bonds is 1. The third-order valence-electron chi connectivity index (χ3n) is 1.32. The first-order valence-corrected chi connectivity index (χ1v) is 5.51. The summed E-state index contributed by atoms with van der Waals surface area (Å²) in [4.78, 5) is 0. The van der Waals surface area contributed by atoms with E-state index in [2.05, 4.69) is 25.1 Å². The Bertz CT molecular complexity index is 193. The molecule has 0 N–H and O–H groups in total. The molecule has 0 spiro atoms. The second-order valence-corrected chi connectivity index (χ2v) is 4.99. The second-order valence-electron chi connectivity index (χ2n) is 2.47. The molecule has 2 nitrogen and oxygen atoms in total. The average Bonchev–Trinajstić information content (AvgIpc) is 2.14. The van der Waals surface area contributed by atoms with Crippen LogP contribution in [0.5, 0.6) is 0 Å². The second kappa shape index (κ2) is 2.82. The molecule has 0 bridgehead atoms. The van der Waals surface area contributed by atoms with Gasteiger partial charge in [0.15, 0.2) is 0 Å². The molecule has 0 amide bonds. The maximum atomic E-state index is 4.14. The summed E-state index contributed by atoms with van der Waals surface area (Å²) in [7, 11) is 0. The third-order valence-corrected chi connectivity index (χ3v) is 2.66. The summed E-state index contributed by atoms with van der Waals surface area (Å²) >= 11 is 0.620. The van der Waals surface area contributed by atoms with Crippen molar-refractivity contribution < 1.29 is 26.4 Å². The van der Waals surface area contributed by atoms with Gasteiger partial charge in [-0.05, 0) is 0 Å². The molecule has 1 rings (SSSR count). The normalized spacial score (nSPS) is 10.8. The van der Waals surface area contributed by atoms with E-state index in [4.69, 9.17) is 0 Å². The van der Waals surface area contributed by atoms with Crippen LogP contribution in [-0.4, -0.2) is 7.54 Å². The van der Waals surface area contributed by atoms with Crippen LogP contribution in [0.2, 0.25) is 0 Å². The van der Waals surface area contributed by atoms with Gasteiger partial charge in [0.25, 0.3) is 0 Å². The summed E-state index contributed by atoms with van der Waals surface area (Å²) in [6.07, 6.45) is 4.09. The van der Waals surface area contributed by atoms with Gasteiger partial charge in [-0.3, -0.25) is 0 Å². The number of hydrogen-bond acceptors (Lipinski definition) is 1. The van der Waals surface area contributed by atoms with E-state index < -0.39 is 0 Å². The molecule has 0 fully saturated rings. The average molecular weight is 310 g/mol. The van der Waals surface area contributed by atoms with Crippen molar-refractivity contribution in [3.05, 3.63) is 18.0 Å². The van der Waals surface area contributed by atoms with Gasteiger partial charge in [-0.15, -0.1) is 0 Å². The molecule has 1 aromatic rings. The zero-order valence-corrected chi connectivity index (χ0v) is 11.3. The Balaban J connectivity index is 2.85. The molecule has 0 atom stereocenters. The standard InChI is InChI=1S/C6H9N2.Hg/c1-5(2)6-3-7-8-4-6;/h3-5H,1-2H3;/q-1;+1. The fourth-order valence-corrected chi connectivity index (χ4v) is 1.81. The third kappa shape index (κ3) is 1.78. The van der Waals surface area contributed by atoms with Gasteiger partial charge < -0.3 is 0 Å². The summed E-state index contributed by atoms with van der Waals surface area (Å²) < 4.78 is 2.02. The van der Waals surface area contributed by atoms with E-state index in [1.54, 1.807) is 0 Å². The van der Waals surface area contributed by atoms with Gasteiger partial charge in [0.1, 0.15) is 0 Å². The van der Waals surface area contributed by atoms with E-state index in [9.17, 15) is 0 Å². The minimum absolute atomic E-state index is 0.620. The molecule has 0 aliphatic heterocycles. The van der Waals surface area contributed by atoms with Crippen molar-refractivity contribution in [3.63, 3.8) is 0 Å². The van der Waals surface area contributed by atoms with Gasteiger partial charge in [0.2, 0.25) is 0 Å². The van der Waals surface area contributed by atoms with Gasteiger partial charge in [-0.1, -0.05) is 0 Å². The molecule has 9 heavy (non-hydrogen) atoms. The van der Waals surface area contributed by atoms with Crippen molar-refractivity contribution in [3.8, 4) is 0 Å². The molecule has 45 valence electrons. The van der Waals surface area contributed by atoms with E-state index in [1.807, 2.05) is 8.64 Å². The Hall–Kier alpha value is 0.145. The van der Waals surface area contributed by atoms with E-state index in [1.165, 1.54) is 5.56 Å². The molecular formula is C6H9HgN2. The topological polar surface area (TPSA) is 17.8 Å². The molecule has 0 aliphatic rings. The number of nitrogens with zero attached hydrogens (tertiary/aromatic N) is 2. The van der Waals surface area contributed by atoms with Crippen LogP contribution in [0, 0.1) is 0 Å². The van der Waals surface area contributed by atoms with Crippen LogP contribution in [0.4, 0.5) is 0 Å². The van der Waals surface area contributed by atoms with Crippen molar-refractivity contribution in [1.29, 1.82) is 0 Å². The summed E-state index contributed by atoms with van der Waals surface area (Å²) in [5, 5.41) is 4.14. The van der Waals surface area contributed by atoms with E-state index in [-0.39, 0.29) is 0 Å². The fourth-order valence-electron chi connectivity index (χ4n) is 0.678. The van der Waals surface area contributed by atoms with Crippen LogP contribution in [0.1, 0.15) is 25.3 Å². The SMILES string of the molecule is CC(C)c1cn[n]([Hg])c1. The molecule has 0 saturated heterocycles. The van der Waals surface area contributed by atoms with Crippen molar-refractivity contribution in [2.24, 2.45) is 0 Å². The molecule has 0 unspecified atom stereocenters. The number of aromatic nitrogens is 2. The van der Waals surface area contributed by atoms with Gasteiger partial charge in [0.05, 0.1) is 0 Å². The van der Waals surface area contributed by atoms with E-state index in [0.717, 1.165) is 0 Å². The Kier molecular flexibility index (Phi) is 2.27. The van der Waals surface area contributed by atoms with Crippen molar-refractivity contribution in [2.75, 3.05) is 0 Å². The van der Waals surface area contributed by atoms with Gasteiger partial charge in [-0.25, -0.2) is 0 Å². The van der Waals surface area contributed by atoms with Crippen LogP contribution in [0.15, 0.2) is 12.4 Å². The van der Waals surface area contributed by atoms with Crippen LogP contribution in [0.25, 0.3) is 0 Å². The quantitative estimate of drug-likeness (QED) is 0.716. The molecule has 0 aliphatic carbocycles. The monoisotopic (exact) mass is 311 g/mol. The predicted molar refractivity (Wildman–Crippen MR) is 31.7 cm³/mol. The molecule has 0 radical (unpaired) electrons. The Morgan fingerprint density at radius 3 is 2.56 bits per heavy atom. The molecular weight excluding hydrogens is 301 g/mol. The summed E-state index contributed by atoms with van der Waals surface area (Å²) in [5.41, 5.74) is 1.35. The van der Waals surface area contributed by atoms with Crippen LogP contribution in [-0.2, 0) is 26.4 Å². The Labute approximate surface area is 71.7 Å². The van der Waals surface area contributed by atoms with Crippen LogP contribution >= 0.6 is 0 Å². The van der Waals surface area contributed by atoms with E-state index >= 15 is 0 Å². The van der Waals surface area contributed by atoms with Crippen molar-refractivity contribution in [2.45, 2.75) is 19.8 Å². The molecule has 0 saturated carbocycles. The van der Waals surface area contributed by atoms with Gasteiger partial charge in [0, 0.05) is 0 Å². The number of hydrogen-bond donors (Lipinski definition) is 0. The Morgan fingerprint density at radius 2 is 2.33 bits per heavy atom. The minimum atomic E-state index is 0.620. The van der Waals surface area contributed by atoms with Crippen molar-refractivity contribution in [1.82, 2.24) is 7.54 Å². The zero-order valence-electron chi connectivity index (χ0n) is 5.83. The molecule has 1 heterocycles. The van der Waals surface area contributed by atoms with Crippen molar-refractivity contribution >= 4 is 0 Å². The zero-order chi connectivity index (χ0) is 6.85. The summed E-state index contributed by atoms with van der Waals surface area (Å²) in [6.45, 7) is 4.37. The molecule has 3 heteroatoms. The van der Waals surface area contributed by atoms with Crippen LogP contribution < -0.4 is 0 Å². The first-order valence-electron chi connectivity index (χ1n) is 3.05. The summed E-state index contributed by atoms with van der Waals surface area (Å²) in [6, 6.07) is 0. The molecule has 0 aromatic carbocycles. The van der Waals surface area contributed by atoms with Crippen LogP contribution in [0.3, 0.4) is 0 Å².